The summed E-state index contributed by atoms with van der Waals surface area (Å²) in [5.74, 6) is 0. The molecule has 0 heterocycles. The van der Waals surface area contributed by atoms with E-state index < -0.39 is 16.2 Å². The number of nitrogens with one attached hydrogen (secondary N) is 1. The van der Waals surface area contributed by atoms with Gasteiger partial charge in [-0.1, -0.05) is 121 Å². The SMILES string of the molecule is CCN(CCNS(C)(=O)=O)c1ccc(N)c(C)c1.c1ccc([B-](c2ccccc2)(c2ccccc2)c2ccccc2)cc1. The molecule has 0 saturated heterocycles. The van der Waals surface area contributed by atoms with Crippen LogP contribution in [-0.2, 0) is 10.0 Å². The van der Waals surface area contributed by atoms with Gasteiger partial charge in [0.1, 0.15) is 6.15 Å². The lowest BCUT2D eigenvalue weighted by Crippen LogP contribution is -2.74. The quantitative estimate of drug-likeness (QED) is 0.191. The first-order valence-corrected chi connectivity index (χ1v) is 16.6. The van der Waals surface area contributed by atoms with Crippen molar-refractivity contribution in [1.29, 1.82) is 0 Å². The second-order valence-corrected chi connectivity index (χ2v) is 12.6. The number of nitrogens with zero attached hydrogens (tertiary/aromatic N) is 1. The van der Waals surface area contributed by atoms with Crippen molar-refractivity contribution in [1.82, 2.24) is 4.72 Å². The van der Waals surface area contributed by atoms with Crippen LogP contribution in [0.2, 0.25) is 0 Å². The van der Waals surface area contributed by atoms with E-state index in [0.717, 1.165) is 29.7 Å². The van der Waals surface area contributed by atoms with Gasteiger partial charge in [0.2, 0.25) is 10.0 Å². The van der Waals surface area contributed by atoms with Crippen LogP contribution in [-0.4, -0.2) is 40.5 Å². The number of anilines is 2. The highest BCUT2D eigenvalue weighted by Crippen LogP contribution is 2.20. The Morgan fingerprint density at radius 1 is 0.674 bits per heavy atom. The molecule has 43 heavy (non-hydrogen) atoms. The van der Waals surface area contributed by atoms with Crippen molar-refractivity contribution in [2.24, 2.45) is 0 Å². The van der Waals surface area contributed by atoms with Crippen LogP contribution in [0.1, 0.15) is 12.5 Å². The molecule has 5 aromatic rings. The van der Waals surface area contributed by atoms with Crippen molar-refractivity contribution < 1.29 is 8.42 Å². The summed E-state index contributed by atoms with van der Waals surface area (Å²) in [7, 11) is -3.12. The van der Waals surface area contributed by atoms with E-state index in [1.165, 1.54) is 21.9 Å². The van der Waals surface area contributed by atoms with E-state index in [1.54, 1.807) is 0 Å². The van der Waals surface area contributed by atoms with Gasteiger partial charge in [0.05, 0.1) is 6.26 Å². The zero-order chi connectivity index (χ0) is 30.7. The Hall–Kier alpha value is -4.33. The van der Waals surface area contributed by atoms with Crippen molar-refractivity contribution in [2.75, 3.05) is 36.5 Å². The number of rotatable bonds is 10. The molecular weight excluding hydrogens is 549 g/mol. The molecular formula is C36H41BN3O2S-. The van der Waals surface area contributed by atoms with E-state index in [0.29, 0.717) is 13.1 Å². The van der Waals surface area contributed by atoms with E-state index in [1.807, 2.05) is 32.0 Å². The molecule has 5 rings (SSSR count). The van der Waals surface area contributed by atoms with Crippen LogP contribution in [0.3, 0.4) is 0 Å². The molecule has 0 bridgehead atoms. The molecule has 3 N–H and O–H groups in total. The summed E-state index contributed by atoms with van der Waals surface area (Å²) in [6.07, 6.45) is -0.0522. The van der Waals surface area contributed by atoms with Crippen molar-refractivity contribution in [3.63, 3.8) is 0 Å². The lowest BCUT2D eigenvalue weighted by Gasteiger charge is -2.44. The fourth-order valence-electron chi connectivity index (χ4n) is 5.81. The van der Waals surface area contributed by atoms with Crippen LogP contribution in [0.5, 0.6) is 0 Å². The molecule has 0 aliphatic heterocycles. The molecule has 0 radical (unpaired) electrons. The maximum atomic E-state index is 11.0. The molecule has 5 aromatic carbocycles. The van der Waals surface area contributed by atoms with E-state index in [9.17, 15) is 8.42 Å². The van der Waals surface area contributed by atoms with Crippen molar-refractivity contribution in [3.05, 3.63) is 145 Å². The fraction of sp³-hybridized carbons (Fsp3) is 0.167. The second-order valence-electron chi connectivity index (χ2n) is 10.8. The minimum atomic E-state index is -3.12. The predicted molar refractivity (Wildman–Crippen MR) is 186 cm³/mol. The molecule has 0 atom stereocenters. The summed E-state index contributed by atoms with van der Waals surface area (Å²) < 4.78 is 24.5. The largest absolute Gasteiger partial charge is 0.399 e. The van der Waals surface area contributed by atoms with Gasteiger partial charge in [-0.05, 0) is 37.6 Å². The average Bonchev–Trinajstić information content (AvgIpc) is 3.03. The summed E-state index contributed by atoms with van der Waals surface area (Å²) in [6.45, 7) is 5.84. The number of nitrogen functional groups attached to an aromatic ring is 1. The first-order valence-electron chi connectivity index (χ1n) is 14.7. The zero-order valence-corrected chi connectivity index (χ0v) is 26.0. The molecule has 0 aliphatic carbocycles. The molecule has 0 saturated carbocycles. The predicted octanol–water partition coefficient (Wildman–Crippen LogP) is 4.02. The molecule has 0 aromatic heterocycles. The van der Waals surface area contributed by atoms with Gasteiger partial charge in [0, 0.05) is 31.0 Å². The molecule has 0 amide bonds. The Morgan fingerprint density at radius 3 is 1.40 bits per heavy atom. The number of hydrogen-bond acceptors (Lipinski definition) is 4. The van der Waals surface area contributed by atoms with Gasteiger partial charge in [-0.15, -0.1) is 0 Å². The number of hydrogen-bond donors (Lipinski definition) is 2. The molecule has 0 fully saturated rings. The van der Waals surface area contributed by atoms with Crippen LogP contribution in [0, 0.1) is 6.92 Å². The van der Waals surface area contributed by atoms with Crippen molar-refractivity contribution >= 4 is 49.4 Å². The van der Waals surface area contributed by atoms with Gasteiger partial charge in [-0.2, -0.15) is 21.9 Å². The minimum Gasteiger partial charge on any atom is -0.399 e. The van der Waals surface area contributed by atoms with Crippen LogP contribution >= 0.6 is 0 Å². The minimum absolute atomic E-state index is 0.399. The normalized spacial score (nSPS) is 11.3. The number of likely N-dealkylation sites (N-methyl/N-ethyl adjacent to an activating group) is 1. The fourth-order valence-corrected chi connectivity index (χ4v) is 6.28. The lowest BCUT2D eigenvalue weighted by atomic mass is 9.13. The van der Waals surface area contributed by atoms with Crippen molar-refractivity contribution in [2.45, 2.75) is 13.8 Å². The van der Waals surface area contributed by atoms with Crippen molar-refractivity contribution in [3.8, 4) is 0 Å². The highest BCUT2D eigenvalue weighted by molar-refractivity contribution is 7.88. The summed E-state index contributed by atoms with van der Waals surface area (Å²) >= 11 is 0. The smallest absolute Gasteiger partial charge is 0.208 e. The maximum Gasteiger partial charge on any atom is 0.208 e. The average molecular weight is 591 g/mol. The first-order chi connectivity index (χ1) is 20.8. The van der Waals surface area contributed by atoms with Crippen LogP contribution in [0.25, 0.3) is 0 Å². The highest BCUT2D eigenvalue weighted by Gasteiger charge is 2.31. The Bertz CT molecular complexity index is 1500. The van der Waals surface area contributed by atoms with Crippen LogP contribution in [0.4, 0.5) is 11.4 Å². The molecule has 222 valence electrons. The van der Waals surface area contributed by atoms with E-state index in [2.05, 4.69) is 131 Å². The molecule has 7 heteroatoms. The zero-order valence-electron chi connectivity index (χ0n) is 25.2. The monoisotopic (exact) mass is 590 g/mol. The summed E-state index contributed by atoms with van der Waals surface area (Å²) in [5, 5.41) is 0. The van der Waals surface area contributed by atoms with Gasteiger partial charge in [0.15, 0.2) is 0 Å². The standard InChI is InChI=1S/C24H20B.C12H21N3O2S/c1-5-13-21(14-6-1)25(22-15-7-2-8-16-22,23-17-9-3-10-18-23)24-19-11-4-12-20-24;1-4-15(8-7-14-18(3,16)17)11-5-6-12(13)10(2)9-11/h1-20H;5-6,9,14H,4,7-8,13H2,1-3H3/q-1;. The third-order valence-electron chi connectivity index (χ3n) is 7.94. The van der Waals surface area contributed by atoms with Crippen LogP contribution in [0.15, 0.2) is 140 Å². The maximum absolute atomic E-state index is 11.0. The number of aryl methyl sites for hydroxylation is 1. The number of benzene rings is 5. The van der Waals surface area contributed by atoms with Gasteiger partial charge in [0.25, 0.3) is 0 Å². The van der Waals surface area contributed by atoms with Gasteiger partial charge >= 0.3 is 0 Å². The van der Waals surface area contributed by atoms with Crippen LogP contribution < -0.4 is 37.2 Å². The van der Waals surface area contributed by atoms with Gasteiger partial charge in [-0.25, -0.2) is 13.1 Å². The Labute approximate surface area is 257 Å². The molecule has 0 spiro atoms. The van der Waals surface area contributed by atoms with Gasteiger partial charge in [-0.3, -0.25) is 0 Å². The lowest BCUT2D eigenvalue weighted by molar-refractivity contribution is 0.587. The summed E-state index contributed by atoms with van der Waals surface area (Å²) in [6, 6.07) is 49.4. The third kappa shape index (κ3) is 7.95. The highest BCUT2D eigenvalue weighted by atomic mass is 32.2. The summed E-state index contributed by atoms with van der Waals surface area (Å²) in [4.78, 5) is 2.10. The first kappa shape index (κ1) is 31.6. The van der Waals surface area contributed by atoms with E-state index in [-0.39, 0.29) is 0 Å². The molecule has 0 aliphatic rings. The Balaban J connectivity index is 0.000000209. The molecule has 5 nitrogen and oxygen atoms in total. The van der Waals surface area contributed by atoms with E-state index in [4.69, 9.17) is 5.73 Å². The molecule has 0 unspecified atom stereocenters. The Morgan fingerprint density at radius 2 is 1.07 bits per heavy atom. The van der Waals surface area contributed by atoms with Gasteiger partial charge < -0.3 is 10.6 Å². The summed E-state index contributed by atoms with van der Waals surface area (Å²) in [5.41, 5.74) is 14.0. The number of nitrogens with two attached hydrogens (primary N) is 1. The number of sulfonamides is 1. The Kier molecular flexibility index (Phi) is 10.8. The second kappa shape index (κ2) is 14.7. The van der Waals surface area contributed by atoms with E-state index >= 15 is 0 Å². The topological polar surface area (TPSA) is 75.4 Å². The third-order valence-corrected chi connectivity index (χ3v) is 8.67.